The zero-order valence-electron chi connectivity index (χ0n) is 13.9. The van der Waals surface area contributed by atoms with Gasteiger partial charge < -0.3 is 9.64 Å². The fourth-order valence-corrected chi connectivity index (χ4v) is 3.40. The third-order valence-electron chi connectivity index (χ3n) is 4.73. The maximum absolute atomic E-state index is 5.49. The monoisotopic (exact) mass is 334 g/mol. The second kappa shape index (κ2) is 5.56. The molecule has 7 nitrogen and oxygen atoms in total. The van der Waals surface area contributed by atoms with Crippen molar-refractivity contribution in [3.63, 3.8) is 0 Å². The molecule has 1 saturated heterocycles. The number of aryl methyl sites for hydroxylation is 1. The summed E-state index contributed by atoms with van der Waals surface area (Å²) in [5.41, 5.74) is 4.97. The second-order valence-corrected chi connectivity index (χ2v) is 6.28. The Morgan fingerprint density at radius 3 is 2.92 bits per heavy atom. The molecule has 3 aromatic heterocycles. The van der Waals surface area contributed by atoms with Crippen LogP contribution in [0, 0.1) is 6.92 Å². The number of ether oxygens (including phenoxy) is 1. The van der Waals surface area contributed by atoms with E-state index in [1.807, 2.05) is 24.5 Å². The van der Waals surface area contributed by atoms with E-state index in [1.165, 1.54) is 0 Å². The molecule has 0 bridgehead atoms. The van der Waals surface area contributed by atoms with Crippen LogP contribution in [0.2, 0.25) is 0 Å². The van der Waals surface area contributed by atoms with Crippen molar-refractivity contribution in [1.29, 1.82) is 0 Å². The average molecular weight is 334 g/mol. The number of nitrogens with zero attached hydrogens (tertiary/aromatic N) is 5. The zero-order chi connectivity index (χ0) is 16.8. The Balaban J connectivity index is 1.76. The molecule has 1 aliphatic rings. The van der Waals surface area contributed by atoms with Crippen molar-refractivity contribution in [2.75, 3.05) is 31.2 Å². The molecule has 4 heterocycles. The second-order valence-electron chi connectivity index (χ2n) is 6.28. The summed E-state index contributed by atoms with van der Waals surface area (Å²) in [6, 6.07) is 6.13. The van der Waals surface area contributed by atoms with Crippen molar-refractivity contribution >= 4 is 22.4 Å². The van der Waals surface area contributed by atoms with Gasteiger partial charge in [0.2, 0.25) is 0 Å². The summed E-state index contributed by atoms with van der Waals surface area (Å²) in [6.45, 7) is 5.15. The van der Waals surface area contributed by atoms with Gasteiger partial charge in [0, 0.05) is 42.1 Å². The predicted molar refractivity (Wildman–Crippen MR) is 95.8 cm³/mol. The molecule has 5 rings (SSSR count). The molecule has 0 amide bonds. The Morgan fingerprint density at radius 1 is 1.16 bits per heavy atom. The quantitative estimate of drug-likeness (QED) is 0.609. The number of morpholine rings is 1. The average Bonchev–Trinajstić information content (AvgIpc) is 3.28. The van der Waals surface area contributed by atoms with Crippen molar-refractivity contribution < 1.29 is 4.74 Å². The third-order valence-corrected chi connectivity index (χ3v) is 4.73. The minimum Gasteiger partial charge on any atom is -0.378 e. The van der Waals surface area contributed by atoms with Crippen LogP contribution >= 0.6 is 0 Å². The number of fused-ring (bicyclic) bond motifs is 2. The van der Waals surface area contributed by atoms with Gasteiger partial charge in [-0.05, 0) is 13.0 Å². The first-order chi connectivity index (χ1) is 12.3. The van der Waals surface area contributed by atoms with Gasteiger partial charge in [-0.15, -0.1) is 0 Å². The van der Waals surface area contributed by atoms with Crippen LogP contribution in [0.25, 0.3) is 27.8 Å². The minimum atomic E-state index is 0.717. The van der Waals surface area contributed by atoms with E-state index < -0.39 is 0 Å². The van der Waals surface area contributed by atoms with Crippen LogP contribution in [0.1, 0.15) is 5.69 Å². The van der Waals surface area contributed by atoms with Gasteiger partial charge in [-0.2, -0.15) is 5.10 Å². The van der Waals surface area contributed by atoms with Crippen LogP contribution in [0.4, 0.5) is 5.82 Å². The van der Waals surface area contributed by atoms with Crippen molar-refractivity contribution in [3.8, 4) is 11.3 Å². The van der Waals surface area contributed by atoms with Gasteiger partial charge in [0.05, 0.1) is 30.6 Å². The molecule has 0 radical (unpaired) electrons. The van der Waals surface area contributed by atoms with Crippen LogP contribution in [0.3, 0.4) is 0 Å². The molecule has 126 valence electrons. The Kier molecular flexibility index (Phi) is 3.21. The SMILES string of the molecule is Cc1cnc2c(N3CCOCC3)nc(-c3cccc4[nH]ncc34)cn12. The van der Waals surface area contributed by atoms with Gasteiger partial charge in [0.15, 0.2) is 11.5 Å². The molecule has 0 aliphatic carbocycles. The lowest BCUT2D eigenvalue weighted by Crippen LogP contribution is -2.37. The van der Waals surface area contributed by atoms with Crippen LogP contribution < -0.4 is 4.90 Å². The summed E-state index contributed by atoms with van der Waals surface area (Å²) in [6.07, 6.45) is 5.80. The minimum absolute atomic E-state index is 0.717. The smallest absolute Gasteiger partial charge is 0.180 e. The van der Waals surface area contributed by atoms with Crippen molar-refractivity contribution in [1.82, 2.24) is 24.6 Å². The van der Waals surface area contributed by atoms with E-state index in [0.717, 1.165) is 65.6 Å². The number of hydrogen-bond acceptors (Lipinski definition) is 5. The highest BCUT2D eigenvalue weighted by molar-refractivity contribution is 5.93. The molecule has 25 heavy (non-hydrogen) atoms. The van der Waals surface area contributed by atoms with Gasteiger partial charge in [0.1, 0.15) is 0 Å². The zero-order valence-corrected chi connectivity index (χ0v) is 13.9. The normalized spacial score (nSPS) is 15.3. The highest BCUT2D eigenvalue weighted by atomic mass is 16.5. The summed E-state index contributed by atoms with van der Waals surface area (Å²) >= 11 is 0. The Labute approximate surface area is 144 Å². The first-order valence-corrected chi connectivity index (χ1v) is 8.41. The summed E-state index contributed by atoms with van der Waals surface area (Å²) in [5, 5.41) is 8.27. The molecule has 7 heteroatoms. The number of aromatic nitrogens is 5. The molecule has 0 unspecified atom stereocenters. The number of aromatic amines is 1. The van der Waals surface area contributed by atoms with E-state index in [-0.39, 0.29) is 0 Å². The molecule has 1 fully saturated rings. The Hall–Kier alpha value is -2.93. The van der Waals surface area contributed by atoms with Gasteiger partial charge in [0.25, 0.3) is 0 Å². The number of nitrogens with one attached hydrogen (secondary N) is 1. The van der Waals surface area contributed by atoms with E-state index in [0.29, 0.717) is 0 Å². The molecule has 0 spiro atoms. The highest BCUT2D eigenvalue weighted by Crippen LogP contribution is 2.30. The molecule has 1 aromatic carbocycles. The van der Waals surface area contributed by atoms with Crippen molar-refractivity contribution in [3.05, 3.63) is 42.5 Å². The van der Waals surface area contributed by atoms with Gasteiger partial charge in [-0.3, -0.25) is 9.50 Å². The maximum Gasteiger partial charge on any atom is 0.180 e. The number of rotatable bonds is 2. The molecule has 1 N–H and O–H groups in total. The van der Waals surface area contributed by atoms with E-state index in [9.17, 15) is 0 Å². The summed E-state index contributed by atoms with van der Waals surface area (Å²) in [7, 11) is 0. The van der Waals surface area contributed by atoms with Crippen molar-refractivity contribution in [2.24, 2.45) is 0 Å². The van der Waals surface area contributed by atoms with Crippen molar-refractivity contribution in [2.45, 2.75) is 6.92 Å². The fraction of sp³-hybridized carbons (Fsp3) is 0.278. The van der Waals surface area contributed by atoms with Gasteiger partial charge in [-0.25, -0.2) is 9.97 Å². The summed E-state index contributed by atoms with van der Waals surface area (Å²) in [4.78, 5) is 11.8. The first kappa shape index (κ1) is 14.4. The number of benzene rings is 1. The number of H-pyrrole nitrogens is 1. The summed E-state index contributed by atoms with van der Waals surface area (Å²) < 4.78 is 7.61. The van der Waals surface area contributed by atoms with E-state index in [2.05, 4.69) is 43.7 Å². The highest BCUT2D eigenvalue weighted by Gasteiger charge is 2.20. The summed E-state index contributed by atoms with van der Waals surface area (Å²) in [5.74, 6) is 0.911. The van der Waals surface area contributed by atoms with Crippen LogP contribution in [0.15, 0.2) is 36.8 Å². The standard InChI is InChI=1S/C18H18N6O/c1-12-9-19-17-18(23-5-7-25-8-6-23)21-16(11-24(12)17)13-3-2-4-15-14(13)10-20-22-15/h2-4,9-11H,5-8H2,1H3,(H,20,22). The molecular formula is C18H18N6O. The van der Waals surface area contributed by atoms with Gasteiger partial charge >= 0.3 is 0 Å². The lowest BCUT2D eigenvalue weighted by atomic mass is 10.1. The predicted octanol–water partition coefficient (Wildman–Crippen LogP) is 2.42. The van der Waals surface area contributed by atoms with E-state index in [1.54, 1.807) is 0 Å². The topological polar surface area (TPSA) is 71.3 Å². The van der Waals surface area contributed by atoms with Crippen LogP contribution in [-0.2, 0) is 4.74 Å². The largest absolute Gasteiger partial charge is 0.378 e. The first-order valence-electron chi connectivity index (χ1n) is 8.41. The molecule has 4 aromatic rings. The maximum atomic E-state index is 5.49. The Bertz CT molecular complexity index is 1060. The molecule has 0 saturated carbocycles. The number of hydrogen-bond donors (Lipinski definition) is 1. The van der Waals surface area contributed by atoms with Gasteiger partial charge in [-0.1, -0.05) is 12.1 Å². The van der Waals surface area contributed by atoms with E-state index in [4.69, 9.17) is 9.72 Å². The molecule has 0 atom stereocenters. The van der Waals surface area contributed by atoms with Crippen LogP contribution in [-0.4, -0.2) is 50.9 Å². The Morgan fingerprint density at radius 2 is 2.04 bits per heavy atom. The van der Waals surface area contributed by atoms with E-state index >= 15 is 0 Å². The lowest BCUT2D eigenvalue weighted by molar-refractivity contribution is 0.122. The molecular weight excluding hydrogens is 316 g/mol. The number of imidazole rings is 1. The lowest BCUT2D eigenvalue weighted by Gasteiger charge is -2.28. The third kappa shape index (κ3) is 2.27. The number of anilines is 1. The van der Waals surface area contributed by atoms with Crippen LogP contribution in [0.5, 0.6) is 0 Å². The fourth-order valence-electron chi connectivity index (χ4n) is 3.40. The molecule has 1 aliphatic heterocycles.